The van der Waals surface area contributed by atoms with E-state index in [0.29, 0.717) is 0 Å². The van der Waals surface area contributed by atoms with E-state index in [-0.39, 0.29) is 0 Å². The minimum atomic E-state index is 0.888. The quantitative estimate of drug-likeness (QED) is 0.167. The number of hydrogen-bond donors (Lipinski definition) is 0. The molecule has 0 radical (unpaired) electrons. The van der Waals surface area contributed by atoms with Crippen molar-refractivity contribution in [2.75, 3.05) is 9.80 Å². The largest absolute Gasteiger partial charge is 0.456 e. The van der Waals surface area contributed by atoms with Crippen molar-refractivity contribution in [2.45, 2.75) is 0 Å². The Kier molecular flexibility index (Phi) is 7.33. The van der Waals surface area contributed by atoms with Gasteiger partial charge in [0.15, 0.2) is 0 Å². The summed E-state index contributed by atoms with van der Waals surface area (Å²) in [5.74, 6) is 0. The molecule has 246 valence electrons. The van der Waals surface area contributed by atoms with E-state index in [2.05, 4.69) is 192 Å². The molecule has 0 fully saturated rings. The summed E-state index contributed by atoms with van der Waals surface area (Å²) in [6, 6.07) is 69.2. The Hall–Kier alpha value is -6.62. The standard InChI is InChI=1S/C48H32N2OS/c1-4-13-33(14-5-1)34-15-12-20-37(29-34)50(38-24-27-46-43(30-38)41-21-10-11-22-45(41)51-46)40-23-26-42-44-31-39(25-28-47(44)52-48(42)32-40)49(35-16-6-2-7-17-35)36-18-8-3-9-19-36/h1-32H. The Labute approximate surface area is 305 Å². The molecule has 2 heterocycles. The van der Waals surface area contributed by atoms with Gasteiger partial charge in [0.25, 0.3) is 0 Å². The van der Waals surface area contributed by atoms with Crippen molar-refractivity contribution in [3.05, 3.63) is 194 Å². The van der Waals surface area contributed by atoms with E-state index in [1.165, 1.54) is 31.3 Å². The third kappa shape index (κ3) is 5.29. The highest BCUT2D eigenvalue weighted by atomic mass is 32.1. The summed E-state index contributed by atoms with van der Waals surface area (Å²) < 4.78 is 8.74. The molecule has 10 rings (SSSR count). The maximum absolute atomic E-state index is 6.23. The van der Waals surface area contributed by atoms with Crippen molar-refractivity contribution in [3.63, 3.8) is 0 Å². The van der Waals surface area contributed by atoms with E-state index in [1.54, 1.807) is 0 Å². The van der Waals surface area contributed by atoms with E-state index in [4.69, 9.17) is 4.42 Å². The highest BCUT2D eigenvalue weighted by Gasteiger charge is 2.19. The van der Waals surface area contributed by atoms with Gasteiger partial charge < -0.3 is 14.2 Å². The van der Waals surface area contributed by atoms with Gasteiger partial charge in [0.1, 0.15) is 11.2 Å². The molecule has 4 heteroatoms. The third-order valence-electron chi connectivity index (χ3n) is 9.81. The Morgan fingerprint density at radius 1 is 0.308 bits per heavy atom. The normalized spacial score (nSPS) is 11.5. The fourth-order valence-electron chi connectivity index (χ4n) is 7.39. The van der Waals surface area contributed by atoms with Gasteiger partial charge in [0.2, 0.25) is 0 Å². The van der Waals surface area contributed by atoms with Crippen molar-refractivity contribution >= 4 is 87.6 Å². The van der Waals surface area contributed by atoms with E-state index in [9.17, 15) is 0 Å². The van der Waals surface area contributed by atoms with Gasteiger partial charge in [-0.15, -0.1) is 11.3 Å². The van der Waals surface area contributed by atoms with E-state index >= 15 is 0 Å². The van der Waals surface area contributed by atoms with E-state index < -0.39 is 0 Å². The molecule has 52 heavy (non-hydrogen) atoms. The molecule has 0 bridgehead atoms. The summed E-state index contributed by atoms with van der Waals surface area (Å²) >= 11 is 1.84. The lowest BCUT2D eigenvalue weighted by atomic mass is 10.0. The molecule has 3 nitrogen and oxygen atoms in total. The molecule has 8 aromatic carbocycles. The second-order valence-corrected chi connectivity index (χ2v) is 14.1. The highest BCUT2D eigenvalue weighted by Crippen LogP contribution is 2.44. The van der Waals surface area contributed by atoms with Crippen LogP contribution in [0.4, 0.5) is 34.1 Å². The van der Waals surface area contributed by atoms with Gasteiger partial charge >= 0.3 is 0 Å². The Morgan fingerprint density at radius 3 is 1.62 bits per heavy atom. The summed E-state index contributed by atoms with van der Waals surface area (Å²) in [5.41, 5.74) is 10.8. The Morgan fingerprint density at radius 2 is 0.846 bits per heavy atom. The minimum absolute atomic E-state index is 0.888. The average Bonchev–Trinajstić information content (AvgIpc) is 3.77. The number of rotatable bonds is 7. The highest BCUT2D eigenvalue weighted by molar-refractivity contribution is 7.25. The molecule has 0 atom stereocenters. The maximum Gasteiger partial charge on any atom is 0.135 e. The number of anilines is 6. The molecule has 0 N–H and O–H groups in total. The van der Waals surface area contributed by atoms with Crippen molar-refractivity contribution < 1.29 is 4.42 Å². The lowest BCUT2D eigenvalue weighted by molar-refractivity contribution is 0.669. The topological polar surface area (TPSA) is 19.6 Å². The summed E-state index contributed by atoms with van der Waals surface area (Å²) in [7, 11) is 0. The van der Waals surface area contributed by atoms with Crippen LogP contribution in [0.5, 0.6) is 0 Å². The van der Waals surface area contributed by atoms with Crippen LogP contribution in [0.3, 0.4) is 0 Å². The van der Waals surface area contributed by atoms with Crippen LogP contribution in [0.15, 0.2) is 199 Å². The Balaban J connectivity index is 1.13. The smallest absolute Gasteiger partial charge is 0.135 e. The zero-order chi connectivity index (χ0) is 34.4. The van der Waals surface area contributed by atoms with Crippen LogP contribution >= 0.6 is 11.3 Å². The molecule has 0 aliphatic heterocycles. The molecule has 0 aliphatic rings. The number of fused-ring (bicyclic) bond motifs is 6. The zero-order valence-electron chi connectivity index (χ0n) is 28.2. The van der Waals surface area contributed by atoms with Gasteiger partial charge in [0.05, 0.1) is 0 Å². The van der Waals surface area contributed by atoms with Crippen molar-refractivity contribution in [2.24, 2.45) is 0 Å². The molecular weight excluding hydrogens is 653 g/mol. The molecule has 0 saturated heterocycles. The first-order chi connectivity index (χ1) is 25.8. The first-order valence-electron chi connectivity index (χ1n) is 17.5. The van der Waals surface area contributed by atoms with Crippen LogP contribution in [-0.2, 0) is 0 Å². The minimum Gasteiger partial charge on any atom is -0.456 e. The summed E-state index contributed by atoms with van der Waals surface area (Å²) in [4.78, 5) is 4.70. The number of thiophene rings is 1. The zero-order valence-corrected chi connectivity index (χ0v) is 29.0. The predicted octanol–water partition coefficient (Wildman–Crippen LogP) is 14.6. The van der Waals surface area contributed by atoms with Gasteiger partial charge in [-0.05, 0) is 102 Å². The Bertz CT molecular complexity index is 2820. The molecular formula is C48H32N2OS. The van der Waals surface area contributed by atoms with Gasteiger partial charge in [0, 0.05) is 65.1 Å². The van der Waals surface area contributed by atoms with Gasteiger partial charge in [-0.1, -0.05) is 103 Å². The van der Waals surface area contributed by atoms with Crippen molar-refractivity contribution in [1.82, 2.24) is 0 Å². The van der Waals surface area contributed by atoms with Crippen LogP contribution in [0.2, 0.25) is 0 Å². The maximum atomic E-state index is 6.23. The lowest BCUT2D eigenvalue weighted by Gasteiger charge is -2.26. The summed E-state index contributed by atoms with van der Waals surface area (Å²) in [5, 5.41) is 4.73. The average molecular weight is 685 g/mol. The fraction of sp³-hybridized carbons (Fsp3) is 0. The van der Waals surface area contributed by atoms with Crippen LogP contribution in [-0.4, -0.2) is 0 Å². The monoisotopic (exact) mass is 684 g/mol. The van der Waals surface area contributed by atoms with E-state index in [1.807, 2.05) is 23.5 Å². The number of furan rings is 1. The summed E-state index contributed by atoms with van der Waals surface area (Å²) in [6.45, 7) is 0. The number of para-hydroxylation sites is 3. The molecule has 0 spiro atoms. The second-order valence-electron chi connectivity index (χ2n) is 13.0. The predicted molar refractivity (Wildman–Crippen MR) is 221 cm³/mol. The van der Waals surface area contributed by atoms with Gasteiger partial charge in [-0.3, -0.25) is 0 Å². The molecule has 0 amide bonds. The van der Waals surface area contributed by atoms with Gasteiger partial charge in [-0.2, -0.15) is 0 Å². The lowest BCUT2D eigenvalue weighted by Crippen LogP contribution is -2.10. The SMILES string of the molecule is c1ccc(-c2cccc(N(c3ccc4c(c3)sc3ccc(N(c5ccccc5)c5ccccc5)cc34)c3ccc4oc5ccccc5c4c3)c2)cc1. The third-order valence-corrected chi connectivity index (χ3v) is 10.9. The molecule has 10 aromatic rings. The van der Waals surface area contributed by atoms with Crippen LogP contribution in [0.25, 0.3) is 53.2 Å². The first kappa shape index (κ1) is 30.2. The number of nitrogens with zero attached hydrogens (tertiary/aromatic N) is 2. The number of benzene rings is 8. The number of hydrogen-bond acceptors (Lipinski definition) is 4. The van der Waals surface area contributed by atoms with Crippen LogP contribution in [0, 0.1) is 0 Å². The van der Waals surface area contributed by atoms with Gasteiger partial charge in [-0.25, -0.2) is 0 Å². The van der Waals surface area contributed by atoms with Crippen molar-refractivity contribution in [3.8, 4) is 11.1 Å². The fourth-order valence-corrected chi connectivity index (χ4v) is 8.51. The summed E-state index contributed by atoms with van der Waals surface area (Å²) in [6.07, 6.45) is 0. The molecule has 0 unspecified atom stereocenters. The van der Waals surface area contributed by atoms with Crippen LogP contribution in [0.1, 0.15) is 0 Å². The van der Waals surface area contributed by atoms with Crippen molar-refractivity contribution in [1.29, 1.82) is 0 Å². The van der Waals surface area contributed by atoms with Crippen LogP contribution < -0.4 is 9.80 Å². The first-order valence-corrected chi connectivity index (χ1v) is 18.3. The van der Waals surface area contributed by atoms with E-state index in [0.717, 1.165) is 56.1 Å². The second kappa shape index (κ2) is 12.6. The molecule has 2 aromatic heterocycles. The molecule has 0 aliphatic carbocycles. The molecule has 0 saturated carbocycles.